The molecule has 39 heavy (non-hydrogen) atoms. The summed E-state index contributed by atoms with van der Waals surface area (Å²) in [6.45, 7) is 0.448. The molecule has 1 aliphatic rings. The molecule has 6 aromatic rings. The topological polar surface area (TPSA) is 74.3 Å². The van der Waals surface area contributed by atoms with Gasteiger partial charge in [0.1, 0.15) is 5.54 Å². The zero-order valence-corrected chi connectivity index (χ0v) is 21.1. The molecule has 7 heteroatoms. The van der Waals surface area contributed by atoms with Gasteiger partial charge in [0.25, 0.3) is 0 Å². The van der Waals surface area contributed by atoms with E-state index in [9.17, 15) is 5.11 Å². The molecule has 2 aromatic heterocycles. The van der Waals surface area contributed by atoms with Crippen LogP contribution in [0, 0.1) is 0 Å². The lowest BCUT2D eigenvalue weighted by atomic mass is 9.77. The maximum Gasteiger partial charge on any atom is 0.231 e. The van der Waals surface area contributed by atoms with Gasteiger partial charge >= 0.3 is 0 Å². The van der Waals surface area contributed by atoms with Gasteiger partial charge in [0, 0.05) is 17.6 Å². The lowest BCUT2D eigenvalue weighted by Crippen LogP contribution is -2.36. The summed E-state index contributed by atoms with van der Waals surface area (Å²) in [5, 5.41) is 15.5. The normalized spacial score (nSPS) is 12.7. The number of hydrogen-bond donors (Lipinski definition) is 1. The number of aliphatic hydroxyl groups excluding tert-OH is 1. The SMILES string of the molecule is OCc1nn(Cc2cn(C(c3ccccc3)(c3ccccc3)c3ccccc3)cn2)c2cc3c(cc12)OCO3. The fraction of sp³-hybridized carbons (Fsp3) is 0.125. The fourth-order valence-electron chi connectivity index (χ4n) is 5.63. The third-order valence-electron chi connectivity index (χ3n) is 7.38. The number of imidazole rings is 1. The summed E-state index contributed by atoms with van der Waals surface area (Å²) in [5.41, 5.74) is 5.05. The summed E-state index contributed by atoms with van der Waals surface area (Å²) in [7, 11) is 0. The van der Waals surface area contributed by atoms with Crippen molar-refractivity contribution < 1.29 is 14.6 Å². The largest absolute Gasteiger partial charge is 0.454 e. The van der Waals surface area contributed by atoms with Crippen LogP contribution in [-0.2, 0) is 18.7 Å². The second-order valence-electron chi connectivity index (χ2n) is 9.57. The predicted molar refractivity (Wildman–Crippen MR) is 148 cm³/mol. The molecule has 0 radical (unpaired) electrons. The Kier molecular flexibility index (Phi) is 5.64. The van der Waals surface area contributed by atoms with E-state index < -0.39 is 5.54 Å². The van der Waals surface area contributed by atoms with Gasteiger partial charge in [0.05, 0.1) is 36.4 Å². The Morgan fingerprint density at radius 3 is 1.90 bits per heavy atom. The van der Waals surface area contributed by atoms with Crippen LogP contribution < -0.4 is 9.47 Å². The first-order valence-corrected chi connectivity index (χ1v) is 12.9. The van der Waals surface area contributed by atoms with E-state index in [4.69, 9.17) is 19.6 Å². The third kappa shape index (κ3) is 3.78. The molecule has 0 saturated carbocycles. The number of nitrogens with zero attached hydrogens (tertiary/aromatic N) is 4. The van der Waals surface area contributed by atoms with Gasteiger partial charge in [0.2, 0.25) is 6.79 Å². The average Bonchev–Trinajstić information content (AvgIpc) is 3.74. The highest BCUT2D eigenvalue weighted by Gasteiger charge is 2.38. The van der Waals surface area contributed by atoms with Gasteiger partial charge in [-0.2, -0.15) is 5.10 Å². The van der Waals surface area contributed by atoms with Crippen molar-refractivity contribution in [3.05, 3.63) is 144 Å². The van der Waals surface area contributed by atoms with Gasteiger partial charge in [-0.15, -0.1) is 0 Å². The Balaban J connectivity index is 1.38. The van der Waals surface area contributed by atoms with Crippen molar-refractivity contribution in [2.45, 2.75) is 18.7 Å². The van der Waals surface area contributed by atoms with E-state index in [-0.39, 0.29) is 13.4 Å². The summed E-state index contributed by atoms with van der Waals surface area (Å²) >= 11 is 0. The molecular weight excluding hydrogens is 488 g/mol. The van der Waals surface area contributed by atoms with Crippen molar-refractivity contribution in [3.8, 4) is 11.5 Å². The molecule has 7 rings (SSSR count). The molecular formula is C32H26N4O3. The van der Waals surface area contributed by atoms with E-state index >= 15 is 0 Å². The lowest BCUT2D eigenvalue weighted by Gasteiger charge is -2.37. The van der Waals surface area contributed by atoms with Gasteiger partial charge in [0.15, 0.2) is 11.5 Å². The van der Waals surface area contributed by atoms with Gasteiger partial charge < -0.3 is 19.1 Å². The molecule has 0 atom stereocenters. The highest BCUT2D eigenvalue weighted by atomic mass is 16.7. The summed E-state index contributed by atoms with van der Waals surface area (Å²) in [6, 6.07) is 35.3. The van der Waals surface area contributed by atoms with Crippen LogP contribution in [0.5, 0.6) is 11.5 Å². The molecule has 3 heterocycles. The standard InChI is InChI=1S/C32H26N4O3/c37-20-28-27-16-30-31(39-22-38-30)17-29(27)36(34-28)19-26-18-35(21-33-26)32(23-10-4-1-5-11-23,24-12-6-2-7-13-24)25-14-8-3-9-15-25/h1-18,21,37H,19-20,22H2. The van der Waals surface area contributed by atoms with Crippen LogP contribution in [0.2, 0.25) is 0 Å². The number of fused-ring (bicyclic) bond motifs is 2. The van der Waals surface area contributed by atoms with Crippen LogP contribution in [0.25, 0.3) is 10.9 Å². The Labute approximate surface area is 225 Å². The molecule has 0 unspecified atom stereocenters. The van der Waals surface area contributed by atoms with Crippen molar-refractivity contribution >= 4 is 10.9 Å². The van der Waals surface area contributed by atoms with Gasteiger partial charge in [-0.25, -0.2) is 4.98 Å². The maximum absolute atomic E-state index is 9.98. The Morgan fingerprint density at radius 1 is 0.769 bits per heavy atom. The van der Waals surface area contributed by atoms with E-state index in [0.29, 0.717) is 23.7 Å². The Morgan fingerprint density at radius 2 is 1.33 bits per heavy atom. The van der Waals surface area contributed by atoms with Crippen LogP contribution in [0.15, 0.2) is 116 Å². The first-order chi connectivity index (χ1) is 19.3. The van der Waals surface area contributed by atoms with Crippen molar-refractivity contribution in [1.82, 2.24) is 19.3 Å². The van der Waals surface area contributed by atoms with E-state index in [1.807, 2.05) is 41.3 Å². The number of rotatable bonds is 7. The number of hydrogen-bond acceptors (Lipinski definition) is 5. The van der Waals surface area contributed by atoms with Crippen molar-refractivity contribution in [2.75, 3.05) is 6.79 Å². The van der Waals surface area contributed by atoms with Crippen LogP contribution in [0.1, 0.15) is 28.1 Å². The highest BCUT2D eigenvalue weighted by Crippen LogP contribution is 2.41. The first-order valence-electron chi connectivity index (χ1n) is 12.9. The zero-order valence-electron chi connectivity index (χ0n) is 21.1. The van der Waals surface area contributed by atoms with Crippen molar-refractivity contribution in [3.63, 3.8) is 0 Å². The molecule has 1 N–H and O–H groups in total. The molecule has 7 nitrogen and oxygen atoms in total. The average molecular weight is 515 g/mol. The van der Waals surface area contributed by atoms with Gasteiger partial charge in [-0.1, -0.05) is 91.0 Å². The summed E-state index contributed by atoms with van der Waals surface area (Å²) in [6.07, 6.45) is 3.99. The molecule has 192 valence electrons. The van der Waals surface area contributed by atoms with Crippen LogP contribution in [0.3, 0.4) is 0 Å². The number of ether oxygens (including phenoxy) is 2. The van der Waals surface area contributed by atoms with E-state index in [0.717, 1.165) is 33.3 Å². The minimum Gasteiger partial charge on any atom is -0.454 e. The Bertz CT molecular complexity index is 1650. The molecule has 0 aliphatic carbocycles. The number of aliphatic hydroxyl groups is 1. The molecule has 0 bridgehead atoms. The minimum absolute atomic E-state index is 0.170. The Hall–Kier alpha value is -4.88. The summed E-state index contributed by atoms with van der Waals surface area (Å²) in [4.78, 5) is 4.85. The maximum atomic E-state index is 9.98. The molecule has 0 spiro atoms. The molecule has 0 fully saturated rings. The second kappa shape index (κ2) is 9.45. The fourth-order valence-corrected chi connectivity index (χ4v) is 5.63. The number of benzene rings is 4. The molecule has 0 amide bonds. The van der Waals surface area contributed by atoms with Crippen molar-refractivity contribution in [2.24, 2.45) is 0 Å². The molecule has 0 saturated heterocycles. The van der Waals surface area contributed by atoms with E-state index in [2.05, 4.69) is 83.6 Å². The van der Waals surface area contributed by atoms with Gasteiger partial charge in [-0.05, 0) is 22.8 Å². The molecule has 4 aromatic carbocycles. The van der Waals surface area contributed by atoms with Crippen LogP contribution >= 0.6 is 0 Å². The quantitative estimate of drug-likeness (QED) is 0.291. The second-order valence-corrected chi connectivity index (χ2v) is 9.57. The predicted octanol–water partition coefficient (Wildman–Crippen LogP) is 5.34. The highest BCUT2D eigenvalue weighted by molar-refractivity contribution is 5.86. The van der Waals surface area contributed by atoms with Crippen LogP contribution in [0.4, 0.5) is 0 Å². The smallest absolute Gasteiger partial charge is 0.231 e. The first kappa shape index (κ1) is 23.3. The third-order valence-corrected chi connectivity index (χ3v) is 7.38. The summed E-state index contributed by atoms with van der Waals surface area (Å²) in [5.74, 6) is 1.34. The summed E-state index contributed by atoms with van der Waals surface area (Å²) < 4.78 is 15.2. The van der Waals surface area contributed by atoms with E-state index in [1.54, 1.807) is 0 Å². The van der Waals surface area contributed by atoms with E-state index in [1.165, 1.54) is 0 Å². The van der Waals surface area contributed by atoms with Crippen LogP contribution in [-0.4, -0.2) is 31.2 Å². The lowest BCUT2D eigenvalue weighted by molar-refractivity contribution is 0.174. The molecule has 1 aliphatic heterocycles. The van der Waals surface area contributed by atoms with Gasteiger partial charge in [-0.3, -0.25) is 4.68 Å². The number of aromatic nitrogens is 4. The van der Waals surface area contributed by atoms with Crippen molar-refractivity contribution in [1.29, 1.82) is 0 Å². The minimum atomic E-state index is -0.635. The zero-order chi connectivity index (χ0) is 26.2. The monoisotopic (exact) mass is 514 g/mol.